The molecule has 0 radical (unpaired) electrons. The van der Waals surface area contributed by atoms with Crippen molar-refractivity contribution in [3.05, 3.63) is 33.8 Å². The van der Waals surface area contributed by atoms with E-state index < -0.39 is 0 Å². The van der Waals surface area contributed by atoms with Gasteiger partial charge in [-0.05, 0) is 48.8 Å². The van der Waals surface area contributed by atoms with Crippen LogP contribution in [0.1, 0.15) is 30.2 Å². The summed E-state index contributed by atoms with van der Waals surface area (Å²) >= 11 is 3.41. The SMILES string of the molecule is Cc1ccc(C(C)n2nc(C)c(Br)c2N)o1. The lowest BCUT2D eigenvalue weighted by molar-refractivity contribution is 0.413. The fraction of sp³-hybridized carbons (Fsp3) is 0.364. The number of nitrogen functional groups attached to an aromatic ring is 1. The van der Waals surface area contributed by atoms with Gasteiger partial charge in [0.05, 0.1) is 10.2 Å². The fourth-order valence-corrected chi connectivity index (χ4v) is 1.90. The largest absolute Gasteiger partial charge is 0.464 e. The Morgan fingerprint density at radius 2 is 2.12 bits per heavy atom. The van der Waals surface area contributed by atoms with Crippen LogP contribution in [0, 0.1) is 13.8 Å². The molecule has 0 fully saturated rings. The Kier molecular flexibility index (Phi) is 2.80. The van der Waals surface area contributed by atoms with Gasteiger partial charge in [0.15, 0.2) is 0 Å². The van der Waals surface area contributed by atoms with Crippen LogP contribution in [0.25, 0.3) is 0 Å². The number of nitrogens with zero attached hydrogens (tertiary/aromatic N) is 2. The molecule has 1 unspecified atom stereocenters. The van der Waals surface area contributed by atoms with Crippen LogP contribution in [0.5, 0.6) is 0 Å². The third kappa shape index (κ3) is 1.75. The van der Waals surface area contributed by atoms with Crippen LogP contribution in [0.4, 0.5) is 5.82 Å². The minimum absolute atomic E-state index is 0.00120. The monoisotopic (exact) mass is 283 g/mol. The molecule has 0 aliphatic rings. The number of anilines is 1. The van der Waals surface area contributed by atoms with Gasteiger partial charge >= 0.3 is 0 Å². The molecule has 1 atom stereocenters. The van der Waals surface area contributed by atoms with Crippen molar-refractivity contribution >= 4 is 21.7 Å². The van der Waals surface area contributed by atoms with Gasteiger partial charge in [-0.1, -0.05) is 0 Å². The molecule has 2 aromatic heterocycles. The van der Waals surface area contributed by atoms with Crippen LogP contribution < -0.4 is 5.73 Å². The Bertz CT molecular complexity index is 515. The number of aryl methyl sites for hydroxylation is 2. The molecule has 2 rings (SSSR count). The van der Waals surface area contributed by atoms with E-state index in [4.69, 9.17) is 10.2 Å². The maximum atomic E-state index is 5.96. The summed E-state index contributed by atoms with van der Waals surface area (Å²) in [6.07, 6.45) is 0. The molecule has 0 bridgehead atoms. The summed E-state index contributed by atoms with van der Waals surface area (Å²) in [5.41, 5.74) is 6.84. The Balaban J connectivity index is 2.41. The third-order valence-electron chi connectivity index (χ3n) is 2.59. The van der Waals surface area contributed by atoms with E-state index in [1.807, 2.05) is 32.9 Å². The smallest absolute Gasteiger partial charge is 0.137 e. The van der Waals surface area contributed by atoms with Crippen molar-refractivity contribution in [2.75, 3.05) is 5.73 Å². The van der Waals surface area contributed by atoms with E-state index in [2.05, 4.69) is 21.0 Å². The summed E-state index contributed by atoms with van der Waals surface area (Å²) in [4.78, 5) is 0. The van der Waals surface area contributed by atoms with Gasteiger partial charge in [0, 0.05) is 0 Å². The molecule has 2 aromatic rings. The average molecular weight is 284 g/mol. The van der Waals surface area contributed by atoms with Gasteiger partial charge < -0.3 is 10.2 Å². The minimum Gasteiger partial charge on any atom is -0.464 e. The lowest BCUT2D eigenvalue weighted by atomic mass is 10.2. The molecule has 0 saturated carbocycles. The molecule has 0 aliphatic heterocycles. The molecule has 2 N–H and O–H groups in total. The Morgan fingerprint density at radius 1 is 1.44 bits per heavy atom. The predicted molar refractivity (Wildman–Crippen MR) is 66.3 cm³/mol. The molecule has 0 amide bonds. The van der Waals surface area contributed by atoms with Gasteiger partial charge in [-0.3, -0.25) is 0 Å². The maximum absolute atomic E-state index is 5.96. The van der Waals surface area contributed by atoms with Gasteiger partial charge in [-0.15, -0.1) is 0 Å². The molecule has 0 aliphatic carbocycles. The molecule has 0 aromatic carbocycles. The molecule has 86 valence electrons. The first-order valence-corrected chi connectivity index (χ1v) is 5.86. The van der Waals surface area contributed by atoms with E-state index in [1.54, 1.807) is 4.68 Å². The highest BCUT2D eigenvalue weighted by molar-refractivity contribution is 9.10. The summed E-state index contributed by atoms with van der Waals surface area (Å²) < 4.78 is 8.18. The zero-order chi connectivity index (χ0) is 11.9. The molecular formula is C11H14BrN3O. The molecular weight excluding hydrogens is 270 g/mol. The first-order chi connectivity index (χ1) is 7.50. The van der Waals surface area contributed by atoms with Gasteiger partial charge in [0.25, 0.3) is 0 Å². The number of hydrogen-bond donors (Lipinski definition) is 1. The highest BCUT2D eigenvalue weighted by atomic mass is 79.9. The van der Waals surface area contributed by atoms with Gasteiger partial charge in [0.1, 0.15) is 23.4 Å². The predicted octanol–water partition coefficient (Wildman–Crippen LogP) is 3.05. The minimum atomic E-state index is -0.00120. The van der Waals surface area contributed by atoms with Crippen LogP contribution in [0.2, 0.25) is 0 Å². The maximum Gasteiger partial charge on any atom is 0.137 e. The van der Waals surface area contributed by atoms with E-state index in [0.29, 0.717) is 5.82 Å². The van der Waals surface area contributed by atoms with E-state index in [-0.39, 0.29) is 6.04 Å². The van der Waals surface area contributed by atoms with Crippen molar-refractivity contribution in [2.24, 2.45) is 0 Å². The Hall–Kier alpha value is -1.23. The number of halogens is 1. The van der Waals surface area contributed by atoms with Gasteiger partial charge in [-0.25, -0.2) is 4.68 Å². The second kappa shape index (κ2) is 3.97. The van der Waals surface area contributed by atoms with E-state index in [9.17, 15) is 0 Å². The lowest BCUT2D eigenvalue weighted by Crippen LogP contribution is -2.11. The summed E-state index contributed by atoms with van der Waals surface area (Å²) in [7, 11) is 0. The number of furan rings is 1. The van der Waals surface area contributed by atoms with Crippen LogP contribution in [0.15, 0.2) is 21.0 Å². The second-order valence-corrected chi connectivity index (χ2v) is 4.65. The number of aromatic nitrogens is 2. The van der Waals surface area contributed by atoms with E-state index in [0.717, 1.165) is 21.7 Å². The van der Waals surface area contributed by atoms with Crippen molar-refractivity contribution in [3.8, 4) is 0 Å². The van der Waals surface area contributed by atoms with Gasteiger partial charge in [-0.2, -0.15) is 5.10 Å². The normalized spacial score (nSPS) is 13.0. The first kappa shape index (κ1) is 11.3. The van der Waals surface area contributed by atoms with Crippen molar-refractivity contribution in [3.63, 3.8) is 0 Å². The molecule has 0 spiro atoms. The first-order valence-electron chi connectivity index (χ1n) is 5.07. The highest BCUT2D eigenvalue weighted by Crippen LogP contribution is 2.29. The molecule has 5 heteroatoms. The van der Waals surface area contributed by atoms with Crippen molar-refractivity contribution in [1.82, 2.24) is 9.78 Å². The highest BCUT2D eigenvalue weighted by Gasteiger charge is 2.18. The van der Waals surface area contributed by atoms with Crippen molar-refractivity contribution in [1.29, 1.82) is 0 Å². The van der Waals surface area contributed by atoms with E-state index in [1.165, 1.54) is 0 Å². The van der Waals surface area contributed by atoms with Crippen LogP contribution in [-0.4, -0.2) is 9.78 Å². The quantitative estimate of drug-likeness (QED) is 0.922. The molecule has 4 nitrogen and oxygen atoms in total. The zero-order valence-electron chi connectivity index (χ0n) is 9.49. The summed E-state index contributed by atoms with van der Waals surface area (Å²) in [6, 6.07) is 3.89. The molecule has 16 heavy (non-hydrogen) atoms. The zero-order valence-corrected chi connectivity index (χ0v) is 11.1. The molecule has 2 heterocycles. The number of rotatable bonds is 2. The standard InChI is InChI=1S/C11H14BrN3O/c1-6-4-5-9(16-6)8(3)15-11(13)10(12)7(2)14-15/h4-5,8H,13H2,1-3H3. The van der Waals surface area contributed by atoms with Crippen molar-refractivity contribution in [2.45, 2.75) is 26.8 Å². The van der Waals surface area contributed by atoms with Crippen LogP contribution >= 0.6 is 15.9 Å². The van der Waals surface area contributed by atoms with Gasteiger partial charge in [0.2, 0.25) is 0 Å². The Labute approximate surface area is 103 Å². The fourth-order valence-electron chi connectivity index (χ4n) is 1.64. The number of nitrogens with two attached hydrogens (primary N) is 1. The average Bonchev–Trinajstić information content (AvgIpc) is 2.78. The van der Waals surface area contributed by atoms with Crippen LogP contribution in [0.3, 0.4) is 0 Å². The Morgan fingerprint density at radius 3 is 2.56 bits per heavy atom. The van der Waals surface area contributed by atoms with Crippen LogP contribution in [-0.2, 0) is 0 Å². The summed E-state index contributed by atoms with van der Waals surface area (Å²) in [6.45, 7) is 5.84. The summed E-state index contributed by atoms with van der Waals surface area (Å²) in [5.74, 6) is 2.38. The topological polar surface area (TPSA) is 57.0 Å². The summed E-state index contributed by atoms with van der Waals surface area (Å²) in [5, 5.41) is 4.38. The third-order valence-corrected chi connectivity index (χ3v) is 3.57. The molecule has 0 saturated heterocycles. The second-order valence-electron chi connectivity index (χ2n) is 3.85. The lowest BCUT2D eigenvalue weighted by Gasteiger charge is -2.11. The van der Waals surface area contributed by atoms with Crippen molar-refractivity contribution < 1.29 is 4.42 Å². The van der Waals surface area contributed by atoms with E-state index >= 15 is 0 Å². The number of hydrogen-bond acceptors (Lipinski definition) is 3.